The van der Waals surface area contributed by atoms with E-state index in [-0.39, 0.29) is 0 Å². The predicted octanol–water partition coefficient (Wildman–Crippen LogP) is 1.94. The fourth-order valence-corrected chi connectivity index (χ4v) is 2.52. The highest BCUT2D eigenvalue weighted by atomic mass is 16.5. The lowest BCUT2D eigenvalue weighted by Gasteiger charge is -2.29. The summed E-state index contributed by atoms with van der Waals surface area (Å²) in [5, 5.41) is 3.35. The fraction of sp³-hybridized carbons (Fsp3) is 0.714. The number of aromatic nitrogens is 2. The van der Waals surface area contributed by atoms with Crippen LogP contribution in [0.1, 0.15) is 25.5 Å². The SMILES string of the molecule is CCOc1cc(C)nc(NCC2CCCN(C)C2)n1. The van der Waals surface area contributed by atoms with Crippen LogP contribution < -0.4 is 10.1 Å². The maximum Gasteiger partial charge on any atom is 0.226 e. The Labute approximate surface area is 115 Å². The molecule has 1 aromatic heterocycles. The maximum absolute atomic E-state index is 5.44. The minimum atomic E-state index is 0.628. The van der Waals surface area contributed by atoms with E-state index in [1.165, 1.54) is 19.4 Å². The lowest BCUT2D eigenvalue weighted by Crippen LogP contribution is -2.35. The highest BCUT2D eigenvalue weighted by molar-refractivity contribution is 5.30. The van der Waals surface area contributed by atoms with Gasteiger partial charge in [-0.3, -0.25) is 0 Å². The number of nitrogens with one attached hydrogen (secondary N) is 1. The van der Waals surface area contributed by atoms with Crippen molar-refractivity contribution in [2.45, 2.75) is 26.7 Å². The number of anilines is 1. The first-order valence-electron chi connectivity index (χ1n) is 7.08. The summed E-state index contributed by atoms with van der Waals surface area (Å²) in [5.41, 5.74) is 0.932. The van der Waals surface area contributed by atoms with Gasteiger partial charge in [0.2, 0.25) is 11.8 Å². The Morgan fingerprint density at radius 3 is 3.05 bits per heavy atom. The number of nitrogens with zero attached hydrogens (tertiary/aromatic N) is 3. The molecule has 1 unspecified atom stereocenters. The first-order chi connectivity index (χ1) is 9.17. The van der Waals surface area contributed by atoms with E-state index >= 15 is 0 Å². The van der Waals surface area contributed by atoms with Crippen molar-refractivity contribution < 1.29 is 4.74 Å². The fourth-order valence-electron chi connectivity index (χ4n) is 2.52. The zero-order chi connectivity index (χ0) is 13.7. The van der Waals surface area contributed by atoms with Crippen molar-refractivity contribution in [3.63, 3.8) is 0 Å². The minimum absolute atomic E-state index is 0.628. The van der Waals surface area contributed by atoms with Gasteiger partial charge in [-0.25, -0.2) is 4.98 Å². The average molecular weight is 264 g/mol. The predicted molar refractivity (Wildman–Crippen MR) is 76.6 cm³/mol. The Kier molecular flexibility index (Phi) is 4.96. The number of hydrogen-bond donors (Lipinski definition) is 1. The molecule has 0 aromatic carbocycles. The normalized spacial score (nSPS) is 20.3. The summed E-state index contributed by atoms with van der Waals surface area (Å²) in [7, 11) is 2.18. The molecule has 5 nitrogen and oxygen atoms in total. The van der Waals surface area contributed by atoms with Gasteiger partial charge in [-0.05, 0) is 46.2 Å². The minimum Gasteiger partial charge on any atom is -0.478 e. The molecule has 1 saturated heterocycles. The molecule has 2 heterocycles. The third-order valence-corrected chi connectivity index (χ3v) is 3.39. The van der Waals surface area contributed by atoms with Crippen molar-refractivity contribution in [2.24, 2.45) is 5.92 Å². The summed E-state index contributed by atoms with van der Waals surface area (Å²) < 4.78 is 5.44. The molecule has 2 rings (SSSR count). The molecule has 0 amide bonds. The molecular weight excluding hydrogens is 240 g/mol. The second-order valence-electron chi connectivity index (χ2n) is 5.26. The standard InChI is InChI=1S/C14H24N4O/c1-4-19-13-8-11(2)16-14(17-13)15-9-12-6-5-7-18(3)10-12/h8,12H,4-7,9-10H2,1-3H3,(H,15,16,17). The van der Waals surface area contributed by atoms with E-state index in [0.717, 1.165) is 18.8 Å². The summed E-state index contributed by atoms with van der Waals surface area (Å²) >= 11 is 0. The van der Waals surface area contributed by atoms with Gasteiger partial charge in [-0.2, -0.15) is 4.98 Å². The molecule has 5 heteroatoms. The van der Waals surface area contributed by atoms with Gasteiger partial charge >= 0.3 is 0 Å². The van der Waals surface area contributed by atoms with Crippen LogP contribution in [0, 0.1) is 12.8 Å². The van der Waals surface area contributed by atoms with Gasteiger partial charge in [0.25, 0.3) is 0 Å². The molecule has 1 atom stereocenters. The molecule has 1 aromatic rings. The highest BCUT2D eigenvalue weighted by Crippen LogP contribution is 2.16. The summed E-state index contributed by atoms with van der Waals surface area (Å²) in [5.74, 6) is 2.01. The topological polar surface area (TPSA) is 50.3 Å². The molecule has 0 radical (unpaired) electrons. The largest absolute Gasteiger partial charge is 0.478 e. The van der Waals surface area contributed by atoms with Crippen LogP contribution in [0.25, 0.3) is 0 Å². The number of hydrogen-bond acceptors (Lipinski definition) is 5. The molecule has 1 fully saturated rings. The molecule has 0 bridgehead atoms. The van der Waals surface area contributed by atoms with Gasteiger partial charge in [0.1, 0.15) is 0 Å². The molecule has 0 aliphatic carbocycles. The highest BCUT2D eigenvalue weighted by Gasteiger charge is 2.17. The van der Waals surface area contributed by atoms with Gasteiger partial charge in [-0.1, -0.05) is 0 Å². The van der Waals surface area contributed by atoms with Crippen molar-refractivity contribution in [1.82, 2.24) is 14.9 Å². The zero-order valence-corrected chi connectivity index (χ0v) is 12.1. The monoisotopic (exact) mass is 264 g/mol. The van der Waals surface area contributed by atoms with Crippen LogP contribution in [0.3, 0.4) is 0 Å². The second-order valence-corrected chi connectivity index (χ2v) is 5.26. The van der Waals surface area contributed by atoms with Crippen LogP contribution in [0.4, 0.5) is 5.95 Å². The zero-order valence-electron chi connectivity index (χ0n) is 12.1. The summed E-state index contributed by atoms with van der Waals surface area (Å²) in [6.45, 7) is 7.85. The third-order valence-electron chi connectivity index (χ3n) is 3.39. The number of likely N-dealkylation sites (tertiary alicyclic amines) is 1. The lowest BCUT2D eigenvalue weighted by molar-refractivity contribution is 0.217. The van der Waals surface area contributed by atoms with E-state index in [1.54, 1.807) is 0 Å². The molecule has 106 valence electrons. The van der Waals surface area contributed by atoms with Crippen LogP contribution in [0.2, 0.25) is 0 Å². The Morgan fingerprint density at radius 2 is 2.32 bits per heavy atom. The molecule has 1 N–H and O–H groups in total. The van der Waals surface area contributed by atoms with Crippen LogP contribution >= 0.6 is 0 Å². The van der Waals surface area contributed by atoms with Crippen LogP contribution in [0.15, 0.2) is 6.07 Å². The third kappa shape index (κ3) is 4.35. The molecule has 1 aliphatic heterocycles. The quantitative estimate of drug-likeness (QED) is 0.880. The number of piperidine rings is 1. The lowest BCUT2D eigenvalue weighted by atomic mass is 9.99. The molecule has 0 spiro atoms. The van der Waals surface area contributed by atoms with E-state index in [9.17, 15) is 0 Å². The molecule has 1 aliphatic rings. The number of ether oxygens (including phenoxy) is 1. The van der Waals surface area contributed by atoms with Crippen molar-refractivity contribution >= 4 is 5.95 Å². The van der Waals surface area contributed by atoms with Crippen molar-refractivity contribution in [2.75, 3.05) is 38.6 Å². The van der Waals surface area contributed by atoms with Crippen molar-refractivity contribution in [3.05, 3.63) is 11.8 Å². The van der Waals surface area contributed by atoms with Crippen LogP contribution in [0.5, 0.6) is 5.88 Å². The van der Waals surface area contributed by atoms with Crippen molar-refractivity contribution in [3.8, 4) is 5.88 Å². The first kappa shape index (κ1) is 14.1. The maximum atomic E-state index is 5.44. The summed E-state index contributed by atoms with van der Waals surface area (Å²) in [4.78, 5) is 11.2. The molecule has 19 heavy (non-hydrogen) atoms. The van der Waals surface area contributed by atoms with E-state index in [4.69, 9.17) is 4.74 Å². The Balaban J connectivity index is 1.91. The second kappa shape index (κ2) is 6.70. The van der Waals surface area contributed by atoms with Gasteiger partial charge in [-0.15, -0.1) is 0 Å². The smallest absolute Gasteiger partial charge is 0.226 e. The summed E-state index contributed by atoms with van der Waals surface area (Å²) in [6.07, 6.45) is 2.56. The summed E-state index contributed by atoms with van der Waals surface area (Å²) in [6, 6.07) is 1.86. The van der Waals surface area contributed by atoms with Gasteiger partial charge in [0.05, 0.1) is 6.61 Å². The van der Waals surface area contributed by atoms with E-state index in [2.05, 4.69) is 27.2 Å². The number of rotatable bonds is 5. The Bertz CT molecular complexity index is 410. The first-order valence-corrected chi connectivity index (χ1v) is 7.08. The molecular formula is C14H24N4O. The number of aryl methyl sites for hydroxylation is 1. The average Bonchev–Trinajstić information content (AvgIpc) is 2.36. The van der Waals surface area contributed by atoms with E-state index < -0.39 is 0 Å². The molecule has 0 saturated carbocycles. The van der Waals surface area contributed by atoms with Crippen molar-refractivity contribution in [1.29, 1.82) is 0 Å². The van der Waals surface area contributed by atoms with E-state index in [0.29, 0.717) is 24.4 Å². The van der Waals surface area contributed by atoms with Crippen LogP contribution in [-0.4, -0.2) is 48.2 Å². The van der Waals surface area contributed by atoms with Crippen LogP contribution in [-0.2, 0) is 0 Å². The van der Waals surface area contributed by atoms with Gasteiger partial charge in [0.15, 0.2) is 0 Å². The van der Waals surface area contributed by atoms with Gasteiger partial charge in [0, 0.05) is 24.8 Å². The Hall–Kier alpha value is -1.36. The van der Waals surface area contributed by atoms with Gasteiger partial charge < -0.3 is 15.0 Å². The van der Waals surface area contributed by atoms with E-state index in [1.807, 2.05) is 19.9 Å². The Morgan fingerprint density at radius 1 is 1.47 bits per heavy atom.